The minimum Gasteiger partial charge on any atom is -0.497 e. The Morgan fingerprint density at radius 1 is 0.857 bits per heavy atom. The quantitative estimate of drug-likeness (QED) is 0.304. The van der Waals surface area contributed by atoms with Crippen LogP contribution in [-0.4, -0.2) is 40.6 Å². The Balaban J connectivity index is 1.47. The minimum absolute atomic E-state index is 0.0685. The van der Waals surface area contributed by atoms with Gasteiger partial charge in [0.15, 0.2) is 11.0 Å². The third-order valence-corrected chi connectivity index (χ3v) is 6.17. The normalized spacial score (nSPS) is 10.6. The Hall–Kier alpha value is -3.98. The van der Waals surface area contributed by atoms with Gasteiger partial charge in [-0.15, -0.1) is 10.2 Å². The van der Waals surface area contributed by atoms with E-state index < -0.39 is 0 Å². The summed E-state index contributed by atoms with van der Waals surface area (Å²) in [6.45, 7) is 0.939. The summed E-state index contributed by atoms with van der Waals surface area (Å²) in [5.74, 6) is 2.43. The lowest BCUT2D eigenvalue weighted by Crippen LogP contribution is -2.24. The van der Waals surface area contributed by atoms with E-state index in [0.29, 0.717) is 18.2 Å². The number of hydrogen-bond acceptors (Lipinski definition) is 7. The van der Waals surface area contributed by atoms with Gasteiger partial charge in [0.1, 0.15) is 11.5 Å². The number of methoxy groups -OCH3 is 2. The Morgan fingerprint density at radius 3 is 2.17 bits per heavy atom. The van der Waals surface area contributed by atoms with E-state index >= 15 is 0 Å². The summed E-state index contributed by atoms with van der Waals surface area (Å²) >= 11 is 1.34. The van der Waals surface area contributed by atoms with Crippen LogP contribution in [0.3, 0.4) is 0 Å². The van der Waals surface area contributed by atoms with Crippen LogP contribution in [0.25, 0.3) is 5.69 Å². The molecule has 180 valence electrons. The average molecular weight is 490 g/mol. The SMILES string of the molecule is COc1ccc(NCc2nnc(SCC(=O)NCc3ccccc3)n2-c2ccc(OC)cc2)cc1. The molecule has 0 saturated heterocycles. The van der Waals surface area contributed by atoms with Crippen LogP contribution < -0.4 is 20.1 Å². The highest BCUT2D eigenvalue weighted by molar-refractivity contribution is 7.99. The van der Waals surface area contributed by atoms with E-state index in [1.165, 1.54) is 11.8 Å². The van der Waals surface area contributed by atoms with Crippen molar-refractivity contribution in [1.29, 1.82) is 0 Å². The highest BCUT2D eigenvalue weighted by Crippen LogP contribution is 2.24. The Bertz CT molecular complexity index is 1230. The molecule has 4 rings (SSSR count). The van der Waals surface area contributed by atoms with Gasteiger partial charge in [-0.25, -0.2) is 0 Å². The number of thioether (sulfide) groups is 1. The lowest BCUT2D eigenvalue weighted by molar-refractivity contribution is -0.118. The van der Waals surface area contributed by atoms with Crippen LogP contribution >= 0.6 is 11.8 Å². The first-order valence-electron chi connectivity index (χ1n) is 11.1. The van der Waals surface area contributed by atoms with Crippen molar-refractivity contribution < 1.29 is 14.3 Å². The van der Waals surface area contributed by atoms with Crippen LogP contribution in [-0.2, 0) is 17.9 Å². The first kappa shape index (κ1) is 24.2. The third-order valence-electron chi connectivity index (χ3n) is 5.24. The van der Waals surface area contributed by atoms with Crippen molar-refractivity contribution in [2.45, 2.75) is 18.2 Å². The number of amides is 1. The molecule has 3 aromatic carbocycles. The standard InChI is InChI=1S/C26H27N5O3S/c1-33-22-12-8-20(9-13-22)27-17-24-29-30-26(31(24)21-10-14-23(34-2)15-11-21)35-18-25(32)28-16-19-6-4-3-5-7-19/h3-15,27H,16-18H2,1-2H3,(H,28,32). The molecule has 1 amide bonds. The monoisotopic (exact) mass is 489 g/mol. The molecule has 0 saturated carbocycles. The fraction of sp³-hybridized carbons (Fsp3) is 0.192. The topological polar surface area (TPSA) is 90.3 Å². The smallest absolute Gasteiger partial charge is 0.230 e. The number of aromatic nitrogens is 3. The number of nitrogens with zero attached hydrogens (tertiary/aromatic N) is 3. The van der Waals surface area contributed by atoms with Gasteiger partial charge in [-0.2, -0.15) is 0 Å². The van der Waals surface area contributed by atoms with Gasteiger partial charge >= 0.3 is 0 Å². The van der Waals surface area contributed by atoms with Gasteiger partial charge in [-0.1, -0.05) is 42.1 Å². The molecule has 0 bridgehead atoms. The number of anilines is 1. The van der Waals surface area contributed by atoms with Gasteiger partial charge in [-0.3, -0.25) is 9.36 Å². The van der Waals surface area contributed by atoms with E-state index in [1.807, 2.05) is 83.4 Å². The van der Waals surface area contributed by atoms with Gasteiger partial charge in [0, 0.05) is 17.9 Å². The third kappa shape index (κ3) is 6.54. The molecule has 0 aliphatic carbocycles. The Labute approximate surface area is 208 Å². The molecule has 8 nitrogen and oxygen atoms in total. The van der Waals surface area contributed by atoms with Crippen LogP contribution in [0.15, 0.2) is 84.0 Å². The number of carbonyl (C=O) groups is 1. The lowest BCUT2D eigenvalue weighted by Gasteiger charge is -2.12. The van der Waals surface area contributed by atoms with Crippen LogP contribution in [0.1, 0.15) is 11.4 Å². The summed E-state index contributed by atoms with van der Waals surface area (Å²) in [6, 6.07) is 25.2. The molecule has 35 heavy (non-hydrogen) atoms. The summed E-state index contributed by atoms with van der Waals surface area (Å²) in [6.07, 6.45) is 0. The van der Waals surface area contributed by atoms with Crippen LogP contribution in [0.5, 0.6) is 11.5 Å². The van der Waals surface area contributed by atoms with Crippen molar-refractivity contribution in [3.05, 3.63) is 90.3 Å². The molecule has 0 atom stereocenters. The summed E-state index contributed by atoms with van der Waals surface area (Å²) in [7, 11) is 3.27. The predicted molar refractivity (Wildman–Crippen MR) is 137 cm³/mol. The van der Waals surface area contributed by atoms with E-state index in [4.69, 9.17) is 9.47 Å². The van der Waals surface area contributed by atoms with Gasteiger partial charge < -0.3 is 20.1 Å². The van der Waals surface area contributed by atoms with Crippen LogP contribution in [0, 0.1) is 0 Å². The van der Waals surface area contributed by atoms with E-state index in [9.17, 15) is 4.79 Å². The van der Waals surface area contributed by atoms with Gasteiger partial charge in [0.2, 0.25) is 5.91 Å². The number of carbonyl (C=O) groups excluding carboxylic acids is 1. The van der Waals surface area contributed by atoms with Crippen molar-refractivity contribution in [1.82, 2.24) is 20.1 Å². The number of benzene rings is 3. The summed E-state index contributed by atoms with van der Waals surface area (Å²) < 4.78 is 12.5. The Morgan fingerprint density at radius 2 is 1.51 bits per heavy atom. The zero-order valence-corrected chi connectivity index (χ0v) is 20.4. The zero-order chi connectivity index (χ0) is 24.5. The van der Waals surface area contributed by atoms with E-state index in [0.717, 1.165) is 34.3 Å². The summed E-state index contributed by atoms with van der Waals surface area (Å²) in [4.78, 5) is 12.5. The predicted octanol–water partition coefficient (Wildman–Crippen LogP) is 4.31. The largest absolute Gasteiger partial charge is 0.497 e. The molecule has 0 radical (unpaired) electrons. The number of rotatable bonds is 11. The molecular formula is C26H27N5O3S. The van der Waals surface area contributed by atoms with Crippen molar-refractivity contribution in [3.8, 4) is 17.2 Å². The molecule has 0 unspecified atom stereocenters. The fourth-order valence-electron chi connectivity index (χ4n) is 3.37. The first-order valence-corrected chi connectivity index (χ1v) is 12.0. The Kier molecular flexibility index (Phi) is 8.24. The second-order valence-electron chi connectivity index (χ2n) is 7.57. The second-order valence-corrected chi connectivity index (χ2v) is 8.51. The second kappa shape index (κ2) is 11.9. The van der Waals surface area contributed by atoms with Crippen molar-refractivity contribution in [2.24, 2.45) is 0 Å². The maximum atomic E-state index is 12.5. The van der Waals surface area contributed by atoms with Crippen molar-refractivity contribution in [3.63, 3.8) is 0 Å². The fourth-order valence-corrected chi connectivity index (χ4v) is 4.17. The molecule has 9 heteroatoms. The number of nitrogens with one attached hydrogen (secondary N) is 2. The van der Waals surface area contributed by atoms with Crippen LogP contribution in [0.2, 0.25) is 0 Å². The maximum Gasteiger partial charge on any atom is 0.230 e. The highest BCUT2D eigenvalue weighted by atomic mass is 32.2. The molecule has 0 aliphatic rings. The van der Waals surface area contributed by atoms with Gasteiger partial charge in [-0.05, 0) is 54.1 Å². The molecule has 1 heterocycles. The van der Waals surface area contributed by atoms with Crippen LogP contribution in [0.4, 0.5) is 5.69 Å². The summed E-state index contributed by atoms with van der Waals surface area (Å²) in [5, 5.41) is 15.7. The molecule has 0 spiro atoms. The van der Waals surface area contributed by atoms with Gasteiger partial charge in [0.25, 0.3) is 0 Å². The highest BCUT2D eigenvalue weighted by Gasteiger charge is 2.16. The molecule has 1 aromatic heterocycles. The van der Waals surface area contributed by atoms with E-state index in [-0.39, 0.29) is 11.7 Å². The summed E-state index contributed by atoms with van der Waals surface area (Å²) in [5.41, 5.74) is 2.87. The van der Waals surface area contributed by atoms with Gasteiger partial charge in [0.05, 0.1) is 26.5 Å². The molecular weight excluding hydrogens is 462 g/mol. The van der Waals surface area contributed by atoms with Crippen molar-refractivity contribution >= 4 is 23.4 Å². The molecule has 2 N–H and O–H groups in total. The molecule has 4 aromatic rings. The average Bonchev–Trinajstić information content (AvgIpc) is 3.33. The van der Waals surface area contributed by atoms with E-state index in [1.54, 1.807) is 14.2 Å². The molecule has 0 fully saturated rings. The number of hydrogen-bond donors (Lipinski definition) is 2. The molecule has 0 aliphatic heterocycles. The lowest BCUT2D eigenvalue weighted by atomic mass is 10.2. The maximum absolute atomic E-state index is 12.5. The zero-order valence-electron chi connectivity index (χ0n) is 19.6. The minimum atomic E-state index is -0.0685. The van der Waals surface area contributed by atoms with E-state index in [2.05, 4.69) is 20.8 Å². The van der Waals surface area contributed by atoms with Crippen molar-refractivity contribution in [2.75, 3.05) is 25.3 Å². The first-order chi connectivity index (χ1) is 17.2. The number of ether oxygens (including phenoxy) is 2.